The van der Waals surface area contributed by atoms with Crippen LogP contribution in [0.15, 0.2) is 53.0 Å². The number of hydrogen-bond acceptors (Lipinski definition) is 11. The molecule has 1 unspecified atom stereocenters. The van der Waals surface area contributed by atoms with E-state index < -0.39 is 35.6 Å². The molecule has 1 aliphatic heterocycles. The molecule has 0 bridgehead atoms. The maximum atomic E-state index is 13.8. The van der Waals surface area contributed by atoms with Gasteiger partial charge in [0, 0.05) is 10.9 Å². The number of nitro groups is 1. The first-order valence-corrected chi connectivity index (χ1v) is 15.5. The molecule has 2 aromatic carbocycles. The largest absolute Gasteiger partial charge is 0.480 e. The SMILES string of the molecule is CCOC(=O)COc1c(C(=O)OC)sc(-c2cccc(OC(C(=O)N(c3cccc(Cl)c3)[N+](=O)[O-])C3CCNCC3)c2)c1Br. The number of methoxy groups -OCH3 is 1. The number of nitrogens with zero attached hydrogens (tertiary/aromatic N) is 2. The molecule has 1 amide bonds. The van der Waals surface area contributed by atoms with Crippen molar-refractivity contribution in [2.24, 2.45) is 5.92 Å². The molecule has 0 radical (unpaired) electrons. The summed E-state index contributed by atoms with van der Waals surface area (Å²) >= 11 is 10.6. The quantitative estimate of drug-likeness (QED) is 0.145. The molecular weight excluding hydrogens is 682 g/mol. The van der Waals surface area contributed by atoms with Crippen molar-refractivity contribution in [2.75, 3.05) is 38.4 Å². The second kappa shape index (κ2) is 15.3. The van der Waals surface area contributed by atoms with E-state index in [1.807, 2.05) is 0 Å². The number of amides is 1. The molecular formula is C29H29BrClN3O9S. The zero-order chi connectivity index (χ0) is 31.8. The zero-order valence-corrected chi connectivity index (χ0v) is 26.9. The van der Waals surface area contributed by atoms with E-state index in [0.29, 0.717) is 45.9 Å². The number of rotatable bonds is 12. The summed E-state index contributed by atoms with van der Waals surface area (Å²) in [4.78, 5) is 51.1. The van der Waals surface area contributed by atoms with Crippen molar-refractivity contribution >= 4 is 62.4 Å². The summed E-state index contributed by atoms with van der Waals surface area (Å²) < 4.78 is 22.1. The Morgan fingerprint density at radius 1 is 1.18 bits per heavy atom. The fourth-order valence-electron chi connectivity index (χ4n) is 4.65. The molecule has 1 atom stereocenters. The van der Waals surface area contributed by atoms with Gasteiger partial charge in [-0.1, -0.05) is 29.8 Å². The lowest BCUT2D eigenvalue weighted by Crippen LogP contribution is -2.50. The van der Waals surface area contributed by atoms with Crippen molar-refractivity contribution in [3.05, 3.63) is 73.0 Å². The van der Waals surface area contributed by atoms with Crippen LogP contribution in [0.25, 0.3) is 10.4 Å². The van der Waals surface area contributed by atoms with Crippen LogP contribution in [0.2, 0.25) is 5.02 Å². The summed E-state index contributed by atoms with van der Waals surface area (Å²) in [6, 6.07) is 12.6. The summed E-state index contributed by atoms with van der Waals surface area (Å²) in [5.41, 5.74) is 0.602. The Labute approximate surface area is 270 Å². The van der Waals surface area contributed by atoms with Gasteiger partial charge >= 0.3 is 17.8 Å². The molecule has 44 heavy (non-hydrogen) atoms. The first-order valence-electron chi connectivity index (χ1n) is 13.5. The van der Waals surface area contributed by atoms with Gasteiger partial charge in [-0.25, -0.2) is 19.7 Å². The third kappa shape index (κ3) is 7.86. The van der Waals surface area contributed by atoms with Crippen molar-refractivity contribution in [1.82, 2.24) is 5.32 Å². The molecule has 1 fully saturated rings. The highest BCUT2D eigenvalue weighted by molar-refractivity contribution is 9.10. The van der Waals surface area contributed by atoms with Crippen LogP contribution in [0, 0.1) is 16.0 Å². The van der Waals surface area contributed by atoms with Crippen molar-refractivity contribution < 1.29 is 38.4 Å². The maximum absolute atomic E-state index is 13.8. The average molecular weight is 711 g/mol. The molecule has 15 heteroatoms. The summed E-state index contributed by atoms with van der Waals surface area (Å²) in [5.74, 6) is -2.02. The normalized spacial score (nSPS) is 13.9. The highest BCUT2D eigenvalue weighted by Gasteiger charge is 2.40. The van der Waals surface area contributed by atoms with Gasteiger partial charge in [-0.2, -0.15) is 0 Å². The fourth-order valence-corrected chi connectivity index (χ4v) is 6.81. The fraction of sp³-hybridized carbons (Fsp3) is 0.345. The Bertz CT molecular complexity index is 1530. The predicted molar refractivity (Wildman–Crippen MR) is 167 cm³/mol. The minimum Gasteiger partial charge on any atom is -0.480 e. The Balaban J connectivity index is 1.68. The Kier molecular flexibility index (Phi) is 11.6. The topological polar surface area (TPSA) is 147 Å². The second-order valence-electron chi connectivity index (χ2n) is 9.51. The van der Waals surface area contributed by atoms with E-state index in [4.69, 9.17) is 30.5 Å². The van der Waals surface area contributed by atoms with Gasteiger partial charge in [0.25, 0.3) is 0 Å². The Morgan fingerprint density at radius 3 is 2.57 bits per heavy atom. The standard InChI is InChI=1S/C29H29BrClN3O9S/c1-3-41-22(35)16-42-25-23(30)26(44-27(25)29(37)40-2)18-6-4-9-21(14-18)43-24(17-10-12-32-13-11-17)28(36)33(34(38)39)20-8-5-7-19(31)15-20/h4-9,14-15,17,24,32H,3,10-13,16H2,1-2H3. The minimum absolute atomic E-state index is 0.0111. The number of carbonyl (C=O) groups excluding carboxylic acids is 3. The predicted octanol–water partition coefficient (Wildman–Crippen LogP) is 5.53. The van der Waals surface area contributed by atoms with Crippen LogP contribution in [0.4, 0.5) is 5.69 Å². The molecule has 0 saturated carbocycles. The molecule has 1 saturated heterocycles. The lowest BCUT2D eigenvalue weighted by molar-refractivity contribution is -0.484. The number of nitrogens with one attached hydrogen (secondary N) is 1. The van der Waals surface area contributed by atoms with E-state index in [1.165, 1.54) is 25.3 Å². The lowest BCUT2D eigenvalue weighted by atomic mass is 9.91. The van der Waals surface area contributed by atoms with Crippen LogP contribution < -0.4 is 19.8 Å². The first kappa shape index (κ1) is 33.2. The van der Waals surface area contributed by atoms with Crippen LogP contribution in [-0.2, 0) is 19.1 Å². The second-order valence-corrected chi connectivity index (χ2v) is 11.8. The first-order chi connectivity index (χ1) is 21.1. The van der Waals surface area contributed by atoms with E-state index in [1.54, 1.807) is 37.3 Å². The summed E-state index contributed by atoms with van der Waals surface area (Å²) in [6.07, 6.45) is -0.0492. The van der Waals surface area contributed by atoms with E-state index >= 15 is 0 Å². The minimum atomic E-state index is -1.18. The number of benzene rings is 2. The Morgan fingerprint density at radius 2 is 1.91 bits per heavy atom. The third-order valence-electron chi connectivity index (χ3n) is 6.66. The molecule has 1 aliphatic rings. The molecule has 12 nitrogen and oxygen atoms in total. The molecule has 4 rings (SSSR count). The number of thiophene rings is 1. The van der Waals surface area contributed by atoms with E-state index in [2.05, 4.69) is 21.2 Å². The number of halogens is 2. The lowest BCUT2D eigenvalue weighted by Gasteiger charge is -2.31. The van der Waals surface area contributed by atoms with E-state index in [0.717, 1.165) is 11.3 Å². The van der Waals surface area contributed by atoms with Crippen LogP contribution in [0.3, 0.4) is 0 Å². The third-order valence-corrected chi connectivity index (χ3v) is 9.11. The zero-order valence-electron chi connectivity index (χ0n) is 23.7. The summed E-state index contributed by atoms with van der Waals surface area (Å²) in [7, 11) is 1.23. The maximum Gasteiger partial charge on any atom is 0.351 e. The van der Waals surface area contributed by atoms with Gasteiger partial charge in [-0.15, -0.1) is 11.3 Å². The van der Waals surface area contributed by atoms with Crippen molar-refractivity contribution in [1.29, 1.82) is 0 Å². The molecule has 0 aliphatic carbocycles. The van der Waals surface area contributed by atoms with Gasteiger partial charge in [0.1, 0.15) is 11.4 Å². The molecule has 1 N–H and O–H groups in total. The molecule has 3 aromatic rings. The molecule has 1 aromatic heterocycles. The average Bonchev–Trinajstić information content (AvgIpc) is 3.34. The van der Waals surface area contributed by atoms with E-state index in [-0.39, 0.29) is 39.6 Å². The van der Waals surface area contributed by atoms with Crippen LogP contribution in [0.5, 0.6) is 11.5 Å². The van der Waals surface area contributed by atoms with Crippen LogP contribution >= 0.6 is 38.9 Å². The van der Waals surface area contributed by atoms with Gasteiger partial charge in [-0.3, -0.25) is 4.79 Å². The molecule has 234 valence electrons. The van der Waals surface area contributed by atoms with Crippen molar-refractivity contribution in [2.45, 2.75) is 25.9 Å². The monoisotopic (exact) mass is 709 g/mol. The number of hydrazine groups is 1. The van der Waals surface area contributed by atoms with Gasteiger partial charge in [0.05, 0.1) is 23.1 Å². The highest BCUT2D eigenvalue weighted by Crippen LogP contribution is 2.46. The van der Waals surface area contributed by atoms with Crippen molar-refractivity contribution in [3.63, 3.8) is 0 Å². The Hall–Kier alpha value is -3.72. The highest BCUT2D eigenvalue weighted by atomic mass is 79.9. The van der Waals surface area contributed by atoms with Crippen LogP contribution in [-0.4, -0.2) is 62.4 Å². The number of ether oxygens (including phenoxy) is 4. The number of anilines is 1. The number of carbonyl (C=O) groups is 3. The van der Waals surface area contributed by atoms with Gasteiger partial charge in [-0.05, 0) is 89.7 Å². The van der Waals surface area contributed by atoms with Crippen molar-refractivity contribution in [3.8, 4) is 21.9 Å². The summed E-state index contributed by atoms with van der Waals surface area (Å²) in [6.45, 7) is 2.67. The number of piperidine rings is 1. The molecule has 2 heterocycles. The summed E-state index contributed by atoms with van der Waals surface area (Å²) in [5, 5.41) is 15.3. The van der Waals surface area contributed by atoms with E-state index in [9.17, 15) is 24.5 Å². The van der Waals surface area contributed by atoms with Gasteiger partial charge < -0.3 is 24.3 Å². The van der Waals surface area contributed by atoms with Gasteiger partial charge in [0.2, 0.25) is 0 Å². The van der Waals surface area contributed by atoms with Crippen LogP contribution in [0.1, 0.15) is 29.4 Å². The number of hydrogen-bond donors (Lipinski definition) is 1. The molecule has 0 spiro atoms. The van der Waals surface area contributed by atoms with Gasteiger partial charge in [0.15, 0.2) is 28.4 Å². The smallest absolute Gasteiger partial charge is 0.351 e. The number of esters is 2.